The molecule has 0 saturated carbocycles. The molecule has 0 amide bonds. The smallest absolute Gasteiger partial charge is 0.185 e. The second kappa shape index (κ2) is 7.54. The summed E-state index contributed by atoms with van der Waals surface area (Å²) in [6.07, 6.45) is 6.55. The Kier molecular flexibility index (Phi) is 4.96. The van der Waals surface area contributed by atoms with Gasteiger partial charge in [0, 0.05) is 48.1 Å². The van der Waals surface area contributed by atoms with Crippen LogP contribution in [0.2, 0.25) is 10.0 Å². The van der Waals surface area contributed by atoms with Gasteiger partial charge in [0.25, 0.3) is 0 Å². The van der Waals surface area contributed by atoms with E-state index in [9.17, 15) is 0 Å². The van der Waals surface area contributed by atoms with Crippen molar-refractivity contribution < 1.29 is 0 Å². The van der Waals surface area contributed by atoms with Crippen molar-refractivity contribution in [3.05, 3.63) is 59.1 Å². The van der Waals surface area contributed by atoms with Crippen LogP contribution in [0.1, 0.15) is 6.42 Å². The quantitative estimate of drug-likeness (QED) is 0.491. The Morgan fingerprint density at radius 2 is 1.89 bits per heavy atom. The number of imidazole rings is 1. The summed E-state index contributed by atoms with van der Waals surface area (Å²) in [4.78, 5) is 6.16. The summed E-state index contributed by atoms with van der Waals surface area (Å²) in [5.41, 5.74) is 1.43. The molecule has 0 unspecified atom stereocenters. The number of fused-ring (bicyclic) bond motifs is 1. The lowest BCUT2D eigenvalue weighted by atomic mass is 10.2. The van der Waals surface area contributed by atoms with Gasteiger partial charge in [0.2, 0.25) is 0 Å². The predicted molar refractivity (Wildman–Crippen MR) is 106 cm³/mol. The van der Waals surface area contributed by atoms with Crippen LogP contribution in [-0.4, -0.2) is 43.0 Å². The van der Waals surface area contributed by atoms with Crippen molar-refractivity contribution in [3.8, 4) is 11.4 Å². The Morgan fingerprint density at radius 3 is 2.63 bits per heavy atom. The van der Waals surface area contributed by atoms with Gasteiger partial charge in [-0.3, -0.25) is 0 Å². The van der Waals surface area contributed by atoms with E-state index in [1.165, 1.54) is 0 Å². The molecule has 9 heteroatoms. The van der Waals surface area contributed by atoms with E-state index in [4.69, 9.17) is 28.3 Å². The number of nitrogens with zero attached hydrogens (tertiary/aromatic N) is 7. The summed E-state index contributed by atoms with van der Waals surface area (Å²) < 4.78 is 3.77. The highest BCUT2D eigenvalue weighted by atomic mass is 35.5. The van der Waals surface area contributed by atoms with Crippen LogP contribution in [0.5, 0.6) is 0 Å². The largest absolute Gasteiger partial charge is 0.358 e. The summed E-state index contributed by atoms with van der Waals surface area (Å²) in [5, 5.41) is 14.2. The third-order valence-electron chi connectivity index (χ3n) is 4.23. The Balaban J connectivity index is 1.57. The Labute approximate surface area is 166 Å². The van der Waals surface area contributed by atoms with E-state index in [1.54, 1.807) is 28.9 Å². The van der Waals surface area contributed by atoms with Crippen LogP contribution in [0.25, 0.3) is 17.0 Å². The maximum absolute atomic E-state index is 6.12. The normalized spacial score (nSPS) is 11.2. The van der Waals surface area contributed by atoms with Gasteiger partial charge in [-0.05, 0) is 36.8 Å². The molecule has 0 aliphatic heterocycles. The van der Waals surface area contributed by atoms with Crippen LogP contribution < -0.4 is 4.90 Å². The number of benzene rings is 1. The monoisotopic (exact) mass is 401 g/mol. The third kappa shape index (κ3) is 3.89. The minimum Gasteiger partial charge on any atom is -0.358 e. The van der Waals surface area contributed by atoms with Crippen LogP contribution in [0, 0.1) is 0 Å². The molecule has 0 radical (unpaired) electrons. The van der Waals surface area contributed by atoms with Crippen LogP contribution in [-0.2, 0) is 6.54 Å². The second-order valence-electron chi connectivity index (χ2n) is 6.22. The summed E-state index contributed by atoms with van der Waals surface area (Å²) in [6.45, 7) is 1.77. The van der Waals surface area contributed by atoms with Crippen molar-refractivity contribution in [1.29, 1.82) is 0 Å². The molecule has 0 fully saturated rings. The molecule has 27 heavy (non-hydrogen) atoms. The molecule has 0 spiro atoms. The molecule has 0 atom stereocenters. The summed E-state index contributed by atoms with van der Waals surface area (Å²) in [7, 11) is 2.02. The molecule has 0 N–H and O–H groups in total. The van der Waals surface area contributed by atoms with Crippen molar-refractivity contribution in [3.63, 3.8) is 0 Å². The van der Waals surface area contributed by atoms with E-state index in [0.717, 1.165) is 30.9 Å². The predicted octanol–water partition coefficient (Wildman–Crippen LogP) is 3.82. The van der Waals surface area contributed by atoms with Crippen LogP contribution in [0.4, 0.5) is 5.82 Å². The highest BCUT2D eigenvalue weighted by molar-refractivity contribution is 6.35. The van der Waals surface area contributed by atoms with Gasteiger partial charge in [0.1, 0.15) is 5.82 Å². The molecular weight excluding hydrogens is 385 g/mol. The molecular formula is C18H17Cl2N7. The molecule has 138 valence electrons. The molecule has 0 bridgehead atoms. The third-order valence-corrected chi connectivity index (χ3v) is 4.67. The van der Waals surface area contributed by atoms with E-state index in [2.05, 4.69) is 24.6 Å². The summed E-state index contributed by atoms with van der Waals surface area (Å²) in [5.74, 6) is 1.44. The molecule has 3 aromatic heterocycles. The zero-order valence-corrected chi connectivity index (χ0v) is 16.1. The second-order valence-corrected chi connectivity index (χ2v) is 7.09. The first kappa shape index (κ1) is 17.8. The zero-order chi connectivity index (χ0) is 18.8. The number of hydrogen-bond donors (Lipinski definition) is 0. The SMILES string of the molecule is CN(CCCn1ccnc1)c1ccc2nnc(-c3cc(Cl)cc(Cl)c3)n2n1. The Hall–Kier alpha value is -2.64. The van der Waals surface area contributed by atoms with E-state index in [-0.39, 0.29) is 0 Å². The van der Waals surface area contributed by atoms with Gasteiger partial charge in [-0.1, -0.05) is 23.2 Å². The van der Waals surface area contributed by atoms with E-state index < -0.39 is 0 Å². The van der Waals surface area contributed by atoms with Crippen molar-refractivity contribution >= 4 is 34.7 Å². The highest BCUT2D eigenvalue weighted by Gasteiger charge is 2.13. The maximum atomic E-state index is 6.12. The van der Waals surface area contributed by atoms with Crippen molar-refractivity contribution in [2.45, 2.75) is 13.0 Å². The lowest BCUT2D eigenvalue weighted by Gasteiger charge is -2.18. The fraction of sp³-hybridized carbons (Fsp3) is 0.222. The standard InChI is InChI=1S/C18H17Cl2N7/c1-25(6-2-7-26-8-5-21-12-26)17-4-3-16-22-23-18(27(16)24-17)13-9-14(19)11-15(20)10-13/h3-5,8-12H,2,6-7H2,1H3. The number of halogens is 2. The fourth-order valence-electron chi connectivity index (χ4n) is 2.87. The lowest BCUT2D eigenvalue weighted by molar-refractivity contribution is 0.634. The number of hydrogen-bond acceptors (Lipinski definition) is 5. The van der Waals surface area contributed by atoms with Gasteiger partial charge >= 0.3 is 0 Å². The molecule has 0 saturated heterocycles. The van der Waals surface area contributed by atoms with Gasteiger partial charge in [-0.2, -0.15) is 4.52 Å². The van der Waals surface area contributed by atoms with Crippen LogP contribution >= 0.6 is 23.2 Å². The molecule has 3 heterocycles. The zero-order valence-electron chi connectivity index (χ0n) is 14.6. The lowest BCUT2D eigenvalue weighted by Crippen LogP contribution is -2.21. The average molecular weight is 402 g/mol. The first-order valence-corrected chi connectivity index (χ1v) is 9.21. The first-order valence-electron chi connectivity index (χ1n) is 8.46. The topological polar surface area (TPSA) is 64.1 Å². The van der Waals surface area contributed by atoms with E-state index in [1.807, 2.05) is 31.7 Å². The first-order chi connectivity index (χ1) is 13.1. The molecule has 7 nitrogen and oxygen atoms in total. The van der Waals surface area contributed by atoms with Gasteiger partial charge in [0.05, 0.1) is 6.33 Å². The van der Waals surface area contributed by atoms with Gasteiger partial charge < -0.3 is 9.47 Å². The maximum Gasteiger partial charge on any atom is 0.185 e. The van der Waals surface area contributed by atoms with Gasteiger partial charge in [0.15, 0.2) is 11.5 Å². The summed E-state index contributed by atoms with van der Waals surface area (Å²) >= 11 is 12.2. The molecule has 0 aliphatic rings. The number of aromatic nitrogens is 6. The van der Waals surface area contributed by atoms with E-state index >= 15 is 0 Å². The van der Waals surface area contributed by atoms with E-state index in [0.29, 0.717) is 21.5 Å². The van der Waals surface area contributed by atoms with Gasteiger partial charge in [-0.15, -0.1) is 15.3 Å². The van der Waals surface area contributed by atoms with Gasteiger partial charge in [-0.25, -0.2) is 4.98 Å². The average Bonchev–Trinajstić information content (AvgIpc) is 3.29. The highest BCUT2D eigenvalue weighted by Crippen LogP contribution is 2.26. The molecule has 1 aromatic carbocycles. The van der Waals surface area contributed by atoms with Crippen LogP contribution in [0.15, 0.2) is 49.1 Å². The number of aryl methyl sites for hydroxylation is 1. The van der Waals surface area contributed by atoms with Crippen LogP contribution in [0.3, 0.4) is 0 Å². The molecule has 0 aliphatic carbocycles. The summed E-state index contributed by atoms with van der Waals surface area (Å²) in [6, 6.07) is 9.12. The minimum absolute atomic E-state index is 0.544. The van der Waals surface area contributed by atoms with Crippen molar-refractivity contribution in [1.82, 2.24) is 29.4 Å². The number of rotatable bonds is 6. The number of anilines is 1. The fourth-order valence-corrected chi connectivity index (χ4v) is 3.40. The Morgan fingerprint density at radius 1 is 1.07 bits per heavy atom. The van der Waals surface area contributed by atoms with Crippen molar-refractivity contribution in [2.75, 3.05) is 18.5 Å². The Bertz CT molecular complexity index is 1040. The minimum atomic E-state index is 0.544. The molecule has 4 aromatic rings. The van der Waals surface area contributed by atoms with Crippen molar-refractivity contribution in [2.24, 2.45) is 0 Å². The molecule has 4 rings (SSSR count).